The summed E-state index contributed by atoms with van der Waals surface area (Å²) in [6, 6.07) is 11.2. The maximum atomic E-state index is 15.6. The van der Waals surface area contributed by atoms with E-state index in [2.05, 4.69) is 16.4 Å². The summed E-state index contributed by atoms with van der Waals surface area (Å²) in [5.74, 6) is -0.678. The Morgan fingerprint density at radius 3 is 2.31 bits per heavy atom. The zero-order valence-electron chi connectivity index (χ0n) is 36.2. The number of carboxylic acids is 1. The number of hydrogen-bond acceptors (Lipinski definition) is 6. The molecule has 5 heterocycles. The van der Waals surface area contributed by atoms with Gasteiger partial charge in [-0.25, -0.2) is 4.79 Å². The van der Waals surface area contributed by atoms with E-state index in [0.717, 1.165) is 93.2 Å². The number of carboxylic acid groups (broad SMARTS) is 1. The number of carbonyl (C=O) groups excluding carboxylic acids is 2. The van der Waals surface area contributed by atoms with E-state index in [-0.39, 0.29) is 36.5 Å². The van der Waals surface area contributed by atoms with Crippen LogP contribution in [0.25, 0.3) is 32.9 Å². The number of ether oxygens (including phenoxy) is 1. The molecule has 3 aromatic carbocycles. The van der Waals surface area contributed by atoms with Crippen molar-refractivity contribution in [2.24, 2.45) is 14.1 Å². The third-order valence-corrected chi connectivity index (χ3v) is 13.6. The molecular formula is C47H53Cl2N7O5. The van der Waals surface area contributed by atoms with Crippen LogP contribution in [0.4, 0.5) is 11.4 Å². The molecule has 320 valence electrons. The molecule has 1 saturated heterocycles. The van der Waals surface area contributed by atoms with Gasteiger partial charge in [-0.3, -0.25) is 19.2 Å². The fraction of sp³-hybridized carbons (Fsp3) is 0.404. The molecule has 1 N–H and O–H groups in total. The molecule has 2 aliphatic rings. The number of aromatic nitrogens is 4. The molecule has 8 rings (SSSR count). The van der Waals surface area contributed by atoms with Crippen molar-refractivity contribution in [3.05, 3.63) is 92.0 Å². The van der Waals surface area contributed by atoms with Crippen molar-refractivity contribution in [2.45, 2.75) is 72.8 Å². The zero-order valence-corrected chi connectivity index (χ0v) is 37.7. The zero-order chi connectivity index (χ0) is 43.6. The number of piperidine rings is 1. The van der Waals surface area contributed by atoms with E-state index in [4.69, 9.17) is 33.0 Å². The smallest absolute Gasteiger partial charge is 0.337 e. The van der Waals surface area contributed by atoms with E-state index in [9.17, 15) is 14.7 Å². The van der Waals surface area contributed by atoms with Gasteiger partial charge in [0.1, 0.15) is 11.4 Å². The average Bonchev–Trinajstić information content (AvgIpc) is 3.84. The highest BCUT2D eigenvalue weighted by Crippen LogP contribution is 2.46. The van der Waals surface area contributed by atoms with Crippen molar-refractivity contribution in [2.75, 3.05) is 49.6 Å². The van der Waals surface area contributed by atoms with Crippen LogP contribution in [0.2, 0.25) is 10.0 Å². The number of likely N-dealkylation sites (N-methyl/N-ethyl adjacent to an activating group) is 1. The Kier molecular flexibility index (Phi) is 11.5. The molecule has 2 amide bonds. The molecule has 0 unspecified atom stereocenters. The molecule has 0 radical (unpaired) electrons. The van der Waals surface area contributed by atoms with Gasteiger partial charge in [0.2, 0.25) is 5.91 Å². The second-order valence-electron chi connectivity index (χ2n) is 16.9. The van der Waals surface area contributed by atoms with Gasteiger partial charge in [0.25, 0.3) is 5.91 Å². The molecule has 0 bridgehead atoms. The normalized spacial score (nSPS) is 15.9. The van der Waals surface area contributed by atoms with Gasteiger partial charge in [0.05, 0.1) is 46.2 Å². The van der Waals surface area contributed by atoms with Crippen LogP contribution in [0, 0.1) is 27.7 Å². The Morgan fingerprint density at radius 2 is 1.66 bits per heavy atom. The van der Waals surface area contributed by atoms with Gasteiger partial charge < -0.3 is 28.8 Å². The lowest BCUT2D eigenvalue weighted by Gasteiger charge is -2.35. The minimum absolute atomic E-state index is 0.0948. The number of hydrogen-bond donors (Lipinski definition) is 1. The number of aromatic carboxylic acids is 1. The van der Waals surface area contributed by atoms with E-state index in [1.54, 1.807) is 40.7 Å². The molecule has 1 fully saturated rings. The lowest BCUT2D eigenvalue weighted by molar-refractivity contribution is -0.119. The van der Waals surface area contributed by atoms with Gasteiger partial charge in [-0.2, -0.15) is 5.10 Å². The van der Waals surface area contributed by atoms with Gasteiger partial charge in [0.15, 0.2) is 0 Å². The number of fused-ring (bicyclic) bond motifs is 4. The summed E-state index contributed by atoms with van der Waals surface area (Å²) in [4.78, 5) is 47.6. The van der Waals surface area contributed by atoms with Crippen LogP contribution in [0.15, 0.2) is 42.6 Å². The molecular weight excluding hydrogens is 813 g/mol. The molecule has 0 saturated carbocycles. The van der Waals surface area contributed by atoms with E-state index in [0.29, 0.717) is 52.4 Å². The average molecular weight is 867 g/mol. The van der Waals surface area contributed by atoms with Crippen LogP contribution >= 0.6 is 23.2 Å². The number of rotatable bonds is 11. The topological polar surface area (TPSA) is 118 Å². The predicted molar refractivity (Wildman–Crippen MR) is 243 cm³/mol. The van der Waals surface area contributed by atoms with Crippen LogP contribution in [-0.4, -0.2) is 86.5 Å². The maximum absolute atomic E-state index is 15.6. The van der Waals surface area contributed by atoms with Crippen molar-refractivity contribution in [1.82, 2.24) is 23.8 Å². The van der Waals surface area contributed by atoms with Gasteiger partial charge in [-0.1, -0.05) is 35.7 Å². The monoisotopic (exact) mass is 865 g/mol. The van der Waals surface area contributed by atoms with Crippen molar-refractivity contribution in [3.63, 3.8) is 0 Å². The third kappa shape index (κ3) is 7.46. The minimum atomic E-state index is -1.09. The van der Waals surface area contributed by atoms with Gasteiger partial charge in [0, 0.05) is 78.2 Å². The number of anilines is 2. The summed E-state index contributed by atoms with van der Waals surface area (Å²) in [6.45, 7) is 12.7. The second-order valence-corrected chi connectivity index (χ2v) is 17.7. The summed E-state index contributed by atoms with van der Waals surface area (Å²) in [5.41, 5.74) is 9.47. The highest BCUT2D eigenvalue weighted by Gasteiger charge is 2.38. The molecule has 6 aromatic rings. The van der Waals surface area contributed by atoms with Crippen LogP contribution in [0.3, 0.4) is 0 Å². The molecule has 12 nitrogen and oxygen atoms in total. The number of benzene rings is 3. The van der Waals surface area contributed by atoms with Crippen LogP contribution < -0.4 is 14.5 Å². The lowest BCUT2D eigenvalue weighted by atomic mass is 9.98. The van der Waals surface area contributed by atoms with E-state index < -0.39 is 5.97 Å². The van der Waals surface area contributed by atoms with Gasteiger partial charge in [-0.05, 0) is 120 Å². The van der Waals surface area contributed by atoms with Crippen molar-refractivity contribution in [3.8, 4) is 16.9 Å². The number of carbonyl (C=O) groups is 3. The standard InChI is InChI=1S/C47H53Cl2N7O5/c1-26-19-32(20-27(2)42(26)49)61-18-12-13-33-34-14-15-37(48)41(40-29(4)50-53(8)30(40)5)44(34)56-28(3)23-55(46(58)45(33)56)38-22-31(21-35-36(47(59)60)24-51(6)43(35)38)52(7)39(57)25-54-16-10-9-11-17-54/h14-15,19-22,24,28H,9-13,16-18,23,25H2,1-8H3,(H,59,60)/t28-/m1/s1. The molecule has 61 heavy (non-hydrogen) atoms. The third-order valence-electron chi connectivity index (χ3n) is 12.7. The van der Waals surface area contributed by atoms with Crippen molar-refractivity contribution < 1.29 is 24.2 Å². The fourth-order valence-corrected chi connectivity index (χ4v) is 9.93. The Labute approximate surface area is 366 Å². The minimum Gasteiger partial charge on any atom is -0.494 e. The molecule has 3 aromatic heterocycles. The van der Waals surface area contributed by atoms with Crippen molar-refractivity contribution >= 4 is 74.2 Å². The summed E-state index contributed by atoms with van der Waals surface area (Å²) in [5, 5.41) is 17.8. The first-order valence-electron chi connectivity index (χ1n) is 21.0. The maximum Gasteiger partial charge on any atom is 0.337 e. The highest BCUT2D eigenvalue weighted by atomic mass is 35.5. The number of nitrogens with zero attached hydrogens (tertiary/aromatic N) is 7. The first kappa shape index (κ1) is 42.4. The highest BCUT2D eigenvalue weighted by molar-refractivity contribution is 6.35. The first-order valence-corrected chi connectivity index (χ1v) is 21.7. The van der Waals surface area contributed by atoms with Crippen molar-refractivity contribution in [1.29, 1.82) is 0 Å². The van der Waals surface area contributed by atoms with Crippen LogP contribution in [0.1, 0.15) is 87.6 Å². The van der Waals surface area contributed by atoms with Gasteiger partial charge >= 0.3 is 5.97 Å². The van der Waals surface area contributed by atoms with Crippen LogP contribution in [0.5, 0.6) is 5.75 Å². The van der Waals surface area contributed by atoms with E-state index >= 15 is 4.79 Å². The summed E-state index contributed by atoms with van der Waals surface area (Å²) < 4.78 is 12.0. The SMILES string of the molecule is Cc1cc(OCCCc2c3n(c4c(-c5c(C)nn(C)c5C)c(Cl)ccc24)[C@H](C)CN(c2cc(N(C)C(=O)CN4CCCCC4)cc4c(C(=O)O)cn(C)c24)C3=O)cc(C)c1Cl. The predicted octanol–water partition coefficient (Wildman–Crippen LogP) is 9.45. The number of amides is 2. The Morgan fingerprint density at radius 1 is 0.951 bits per heavy atom. The molecule has 1 atom stereocenters. The molecule has 14 heteroatoms. The van der Waals surface area contributed by atoms with Gasteiger partial charge in [-0.15, -0.1) is 0 Å². The first-order chi connectivity index (χ1) is 29.1. The second kappa shape index (κ2) is 16.5. The molecule has 0 aliphatic carbocycles. The largest absolute Gasteiger partial charge is 0.494 e. The number of aryl methyl sites for hydroxylation is 6. The molecule has 0 spiro atoms. The number of halogens is 2. The molecule has 2 aliphatic heterocycles. The quantitative estimate of drug-likeness (QED) is 0.129. The number of likely N-dealkylation sites (tertiary alicyclic amines) is 1. The summed E-state index contributed by atoms with van der Waals surface area (Å²) in [7, 11) is 5.43. The van der Waals surface area contributed by atoms with E-state index in [1.807, 2.05) is 69.8 Å². The Hall–Kier alpha value is -5.30. The summed E-state index contributed by atoms with van der Waals surface area (Å²) in [6.07, 6.45) is 5.98. The Bertz CT molecular complexity index is 2740. The van der Waals surface area contributed by atoms with Crippen LogP contribution in [-0.2, 0) is 25.3 Å². The van der Waals surface area contributed by atoms with E-state index in [1.165, 1.54) is 0 Å². The summed E-state index contributed by atoms with van der Waals surface area (Å²) >= 11 is 13.6. The fourth-order valence-electron chi connectivity index (χ4n) is 9.57. The Balaban J connectivity index is 1.27. The lowest BCUT2D eigenvalue weighted by Crippen LogP contribution is -2.43.